The van der Waals surface area contributed by atoms with Crippen LogP contribution < -0.4 is 9.64 Å². The summed E-state index contributed by atoms with van der Waals surface area (Å²) >= 11 is 0. The molecule has 1 saturated heterocycles. The van der Waals surface area contributed by atoms with Crippen LogP contribution >= 0.6 is 0 Å². The minimum atomic E-state index is -0.512. The Kier molecular flexibility index (Phi) is 3.95. The molecule has 1 aliphatic rings. The van der Waals surface area contributed by atoms with Crippen molar-refractivity contribution < 1.29 is 14.6 Å². The fourth-order valence-corrected chi connectivity index (χ4v) is 2.61. The van der Waals surface area contributed by atoms with Crippen LogP contribution in [0.1, 0.15) is 6.92 Å². The van der Waals surface area contributed by atoms with Crippen LogP contribution in [0.4, 0.5) is 5.69 Å². The molecule has 104 valence electrons. The van der Waals surface area contributed by atoms with Crippen molar-refractivity contribution in [2.45, 2.75) is 19.0 Å². The number of rotatable bonds is 3. The van der Waals surface area contributed by atoms with E-state index in [0.29, 0.717) is 6.54 Å². The second-order valence-electron chi connectivity index (χ2n) is 4.87. The molecule has 1 aromatic rings. The Hall–Kier alpha value is -1.75. The van der Waals surface area contributed by atoms with E-state index in [1.54, 1.807) is 19.1 Å². The second kappa shape index (κ2) is 5.48. The molecule has 0 saturated carbocycles. The van der Waals surface area contributed by atoms with Crippen LogP contribution in [0.15, 0.2) is 24.3 Å². The number of ether oxygens (including phenoxy) is 1. The number of carbonyl (C=O) groups is 1. The van der Waals surface area contributed by atoms with Gasteiger partial charge in [-0.25, -0.2) is 0 Å². The molecule has 0 aliphatic carbocycles. The van der Waals surface area contributed by atoms with E-state index < -0.39 is 6.04 Å². The van der Waals surface area contributed by atoms with Gasteiger partial charge in [0, 0.05) is 25.3 Å². The van der Waals surface area contributed by atoms with Gasteiger partial charge in [-0.2, -0.15) is 0 Å². The Bertz CT molecular complexity index is 447. The maximum absolute atomic E-state index is 12.1. The fourth-order valence-electron chi connectivity index (χ4n) is 2.61. The van der Waals surface area contributed by atoms with Crippen LogP contribution in [-0.2, 0) is 4.79 Å². The van der Waals surface area contributed by atoms with E-state index in [9.17, 15) is 9.90 Å². The van der Waals surface area contributed by atoms with E-state index in [0.717, 1.165) is 11.4 Å². The molecule has 5 nitrogen and oxygen atoms in total. The second-order valence-corrected chi connectivity index (χ2v) is 4.87. The molecule has 2 unspecified atom stereocenters. The Morgan fingerprint density at radius 2 is 2.00 bits per heavy atom. The lowest BCUT2D eigenvalue weighted by molar-refractivity contribution is -0.134. The van der Waals surface area contributed by atoms with E-state index in [1.165, 1.54) is 0 Å². The molecule has 5 heteroatoms. The maximum atomic E-state index is 12.1. The highest BCUT2D eigenvalue weighted by Gasteiger charge is 2.36. The zero-order valence-electron chi connectivity index (χ0n) is 11.5. The monoisotopic (exact) mass is 264 g/mol. The first-order valence-electron chi connectivity index (χ1n) is 6.36. The molecule has 1 heterocycles. The average molecular weight is 264 g/mol. The number of aliphatic hydroxyl groups excluding tert-OH is 1. The van der Waals surface area contributed by atoms with Crippen molar-refractivity contribution in [3.05, 3.63) is 24.3 Å². The average Bonchev–Trinajstić information content (AvgIpc) is 2.42. The third-order valence-electron chi connectivity index (χ3n) is 3.55. The molecule has 0 aromatic heterocycles. The van der Waals surface area contributed by atoms with Gasteiger partial charge in [0.25, 0.3) is 0 Å². The number of hydrogen-bond donors (Lipinski definition) is 1. The Morgan fingerprint density at radius 1 is 1.37 bits per heavy atom. The molecule has 0 bridgehead atoms. The number of anilines is 1. The first-order chi connectivity index (χ1) is 9.08. The summed E-state index contributed by atoms with van der Waals surface area (Å²) in [5.41, 5.74) is 0.925. The standard InChI is InChI=1S/C14H20N2O3/c1-10-8-15(2)14(18)13(9-17)16(10)11-4-6-12(19-3)7-5-11/h4-7,10,13,17H,8-9H2,1-3H3. The molecule has 0 spiro atoms. The van der Waals surface area contributed by atoms with Gasteiger partial charge in [-0.3, -0.25) is 4.79 Å². The molecule has 2 atom stereocenters. The first kappa shape index (κ1) is 13.7. The van der Waals surface area contributed by atoms with Gasteiger partial charge in [-0.05, 0) is 31.2 Å². The SMILES string of the molecule is COc1ccc(N2C(C)CN(C)C(=O)C2CO)cc1. The molecule has 1 fully saturated rings. The van der Waals surface area contributed by atoms with Crippen molar-refractivity contribution >= 4 is 11.6 Å². The lowest BCUT2D eigenvalue weighted by Crippen LogP contribution is -2.61. The van der Waals surface area contributed by atoms with Gasteiger partial charge >= 0.3 is 0 Å². The molecule has 1 N–H and O–H groups in total. The number of carbonyl (C=O) groups excluding carboxylic acids is 1. The minimum absolute atomic E-state index is 0.0450. The van der Waals surface area contributed by atoms with Crippen molar-refractivity contribution in [2.24, 2.45) is 0 Å². The van der Waals surface area contributed by atoms with Crippen molar-refractivity contribution in [3.8, 4) is 5.75 Å². The van der Waals surface area contributed by atoms with Crippen molar-refractivity contribution in [3.63, 3.8) is 0 Å². The first-order valence-corrected chi connectivity index (χ1v) is 6.36. The van der Waals surface area contributed by atoms with Crippen LogP contribution in [0, 0.1) is 0 Å². The number of benzene rings is 1. The van der Waals surface area contributed by atoms with E-state index in [4.69, 9.17) is 4.74 Å². The lowest BCUT2D eigenvalue weighted by atomic mass is 10.1. The predicted molar refractivity (Wildman–Crippen MR) is 73.4 cm³/mol. The Morgan fingerprint density at radius 3 is 2.53 bits per heavy atom. The third kappa shape index (κ3) is 2.51. The van der Waals surface area contributed by atoms with Gasteiger partial charge in [0.2, 0.25) is 5.91 Å². The number of piperazine rings is 1. The molecular weight excluding hydrogens is 244 g/mol. The minimum Gasteiger partial charge on any atom is -0.497 e. The highest BCUT2D eigenvalue weighted by molar-refractivity contribution is 5.87. The summed E-state index contributed by atoms with van der Waals surface area (Å²) in [6, 6.07) is 7.20. The summed E-state index contributed by atoms with van der Waals surface area (Å²) in [6.45, 7) is 2.52. The normalized spacial score (nSPS) is 23.7. The predicted octanol–water partition coefficient (Wildman–Crippen LogP) is 0.723. The number of amides is 1. The van der Waals surface area contributed by atoms with Crippen LogP contribution in [0.2, 0.25) is 0 Å². The van der Waals surface area contributed by atoms with Gasteiger partial charge < -0.3 is 19.6 Å². The van der Waals surface area contributed by atoms with Gasteiger partial charge in [0.05, 0.1) is 13.7 Å². The molecular formula is C14H20N2O3. The fraction of sp³-hybridized carbons (Fsp3) is 0.500. The van der Waals surface area contributed by atoms with Gasteiger partial charge in [0.15, 0.2) is 0 Å². The van der Waals surface area contributed by atoms with E-state index in [2.05, 4.69) is 6.92 Å². The molecule has 1 aliphatic heterocycles. The number of hydrogen-bond acceptors (Lipinski definition) is 4. The maximum Gasteiger partial charge on any atom is 0.247 e. The summed E-state index contributed by atoms with van der Waals surface area (Å²) in [7, 11) is 3.39. The van der Waals surface area contributed by atoms with Crippen LogP contribution in [0.3, 0.4) is 0 Å². The summed E-state index contributed by atoms with van der Waals surface area (Å²) < 4.78 is 5.13. The van der Waals surface area contributed by atoms with E-state index >= 15 is 0 Å². The van der Waals surface area contributed by atoms with E-state index in [1.807, 2.05) is 29.2 Å². The molecule has 1 amide bonds. The topological polar surface area (TPSA) is 53.0 Å². The van der Waals surface area contributed by atoms with Gasteiger partial charge in [-0.15, -0.1) is 0 Å². The zero-order valence-corrected chi connectivity index (χ0v) is 11.5. The summed E-state index contributed by atoms with van der Waals surface area (Å²) in [5.74, 6) is 0.730. The Balaban J connectivity index is 2.31. The number of aliphatic hydroxyl groups is 1. The molecule has 1 aromatic carbocycles. The summed E-state index contributed by atoms with van der Waals surface area (Å²) in [6.07, 6.45) is 0. The van der Waals surface area contributed by atoms with Gasteiger partial charge in [-0.1, -0.05) is 0 Å². The third-order valence-corrected chi connectivity index (χ3v) is 3.55. The van der Waals surface area contributed by atoms with E-state index in [-0.39, 0.29) is 18.6 Å². The summed E-state index contributed by atoms with van der Waals surface area (Å²) in [5, 5.41) is 9.52. The zero-order chi connectivity index (χ0) is 14.0. The number of nitrogens with zero attached hydrogens (tertiary/aromatic N) is 2. The Labute approximate surface area is 113 Å². The highest BCUT2D eigenvalue weighted by atomic mass is 16.5. The number of likely N-dealkylation sites (N-methyl/N-ethyl adjacent to an activating group) is 1. The van der Waals surface area contributed by atoms with Crippen LogP contribution in [0.25, 0.3) is 0 Å². The number of methoxy groups -OCH3 is 1. The van der Waals surface area contributed by atoms with Crippen molar-refractivity contribution in [2.75, 3.05) is 32.2 Å². The lowest BCUT2D eigenvalue weighted by Gasteiger charge is -2.44. The molecule has 19 heavy (non-hydrogen) atoms. The smallest absolute Gasteiger partial charge is 0.247 e. The van der Waals surface area contributed by atoms with Crippen molar-refractivity contribution in [1.82, 2.24) is 4.90 Å². The summed E-state index contributed by atoms with van der Waals surface area (Å²) in [4.78, 5) is 15.8. The quantitative estimate of drug-likeness (QED) is 0.874. The van der Waals surface area contributed by atoms with Crippen LogP contribution in [0.5, 0.6) is 5.75 Å². The van der Waals surface area contributed by atoms with Crippen molar-refractivity contribution in [1.29, 1.82) is 0 Å². The largest absolute Gasteiger partial charge is 0.497 e. The van der Waals surface area contributed by atoms with Gasteiger partial charge in [0.1, 0.15) is 11.8 Å². The highest BCUT2D eigenvalue weighted by Crippen LogP contribution is 2.26. The van der Waals surface area contributed by atoms with Crippen LogP contribution in [-0.4, -0.2) is 55.3 Å². The molecule has 2 rings (SSSR count). The molecule has 0 radical (unpaired) electrons.